The van der Waals surface area contributed by atoms with Crippen molar-refractivity contribution in [3.8, 4) is 0 Å². The van der Waals surface area contributed by atoms with Crippen molar-refractivity contribution in [1.82, 2.24) is 35.2 Å². The summed E-state index contributed by atoms with van der Waals surface area (Å²) in [6.45, 7) is 18.3. The van der Waals surface area contributed by atoms with Crippen LogP contribution in [0.2, 0.25) is 0 Å². The number of carboxylic acid groups (broad SMARTS) is 3. The van der Waals surface area contributed by atoms with Crippen molar-refractivity contribution in [3.63, 3.8) is 0 Å². The van der Waals surface area contributed by atoms with Crippen molar-refractivity contribution in [2.45, 2.75) is 170 Å². The first-order chi connectivity index (χ1) is 22.1. The molecule has 0 spiro atoms. The zero-order chi connectivity index (χ0) is 36.8. The second-order valence-electron chi connectivity index (χ2n) is 14.3. The Kier molecular flexibility index (Phi) is 84.6. The molecule has 0 aromatic heterocycles. The first-order valence-electron chi connectivity index (χ1n) is 18.6. The molecule has 0 aliphatic carbocycles. The average molecular weight is 1140 g/mol. The molecular weight excluding hydrogens is 1040 g/mol. The van der Waals surface area contributed by atoms with Crippen molar-refractivity contribution in [1.29, 1.82) is 0 Å². The largest absolute Gasteiger partial charge is 0.481 e. The molecule has 0 aromatic rings. The van der Waals surface area contributed by atoms with E-state index in [1.54, 1.807) is 41.5 Å². The number of unbranched alkanes of at least 4 members (excludes halogenated alkanes) is 15. The van der Waals surface area contributed by atoms with E-state index < -0.39 is 28.7 Å². The van der Waals surface area contributed by atoms with E-state index in [4.69, 9.17) is 26.8 Å². The smallest absolute Gasteiger partial charge is 0.308 e. The molecule has 0 fully saturated rings. The molecular formula is C37H92N8O6Pt2. The standard InChI is InChI=1S/C14H34N4.C13H26O2.2C5H10O2.4H3N.2Pt/c15-9-5-1-3-7-11-17-13-14-18-12-8-4-2-6-10-16;1-2-3-4-5-6-7-8-9-10-11-12-13(14)15;2*1-5(2,3)4(6)7;;;;;;/h17-18H,1-16H2;2-12H2,1H3,(H,14,15);2*1-3H3,(H,6,7);4*1H3;;. The summed E-state index contributed by atoms with van der Waals surface area (Å²) in [5.74, 6) is -2.17. The Morgan fingerprint density at radius 2 is 0.698 bits per heavy atom. The SMILES string of the molecule is CC(C)(C)C(=O)O.CC(C)(C)C(=O)O.CCCCCCCCCCCCC(=O)O.N.N.N.N.NCCCCCCNCCNCCCCCCN.[Pt].[Pt]. The Morgan fingerprint density at radius 1 is 0.453 bits per heavy atom. The van der Waals surface area contributed by atoms with Gasteiger partial charge in [0.15, 0.2) is 0 Å². The van der Waals surface area contributed by atoms with Crippen LogP contribution in [-0.2, 0) is 56.5 Å². The van der Waals surface area contributed by atoms with Crippen LogP contribution in [0.3, 0.4) is 0 Å². The zero-order valence-corrected chi connectivity index (χ0v) is 39.9. The van der Waals surface area contributed by atoms with Gasteiger partial charge in [-0.05, 0) is 99.8 Å². The maximum Gasteiger partial charge on any atom is 0.308 e. The molecule has 0 bridgehead atoms. The monoisotopic (exact) mass is 1130 g/mol. The number of carboxylic acids is 3. The minimum atomic E-state index is -0.757. The summed E-state index contributed by atoms with van der Waals surface area (Å²) < 4.78 is 0. The van der Waals surface area contributed by atoms with Crippen LogP contribution in [0.1, 0.15) is 170 Å². The van der Waals surface area contributed by atoms with Gasteiger partial charge in [-0.3, -0.25) is 14.4 Å². The fourth-order valence-electron chi connectivity index (χ4n) is 3.69. The number of rotatable bonds is 26. The molecule has 0 saturated heterocycles. The first kappa shape index (κ1) is 77.1. The Morgan fingerprint density at radius 3 is 0.943 bits per heavy atom. The van der Waals surface area contributed by atoms with Crippen LogP contribution in [0.15, 0.2) is 0 Å². The van der Waals surface area contributed by atoms with Crippen LogP contribution in [0.5, 0.6) is 0 Å². The van der Waals surface area contributed by atoms with Gasteiger partial charge in [0.25, 0.3) is 0 Å². The second-order valence-corrected chi connectivity index (χ2v) is 14.3. The minimum Gasteiger partial charge on any atom is -0.481 e. The summed E-state index contributed by atoms with van der Waals surface area (Å²) in [5.41, 5.74) is 9.72. The summed E-state index contributed by atoms with van der Waals surface area (Å²) >= 11 is 0. The third kappa shape index (κ3) is 85.1. The summed E-state index contributed by atoms with van der Waals surface area (Å²) in [5, 5.41) is 31.9. The normalized spacial score (nSPS) is 9.68. The van der Waals surface area contributed by atoms with Gasteiger partial charge < -0.3 is 62.0 Å². The minimum absolute atomic E-state index is 0. The van der Waals surface area contributed by atoms with Gasteiger partial charge in [0.05, 0.1) is 10.8 Å². The van der Waals surface area contributed by atoms with E-state index >= 15 is 0 Å². The number of hydrogen-bond acceptors (Lipinski definition) is 11. The molecule has 14 nitrogen and oxygen atoms in total. The van der Waals surface area contributed by atoms with Gasteiger partial charge in [-0.1, -0.05) is 90.4 Å². The molecule has 0 aliphatic heterocycles. The van der Waals surface area contributed by atoms with Crippen molar-refractivity contribution in [2.24, 2.45) is 22.3 Å². The molecule has 0 heterocycles. The fraction of sp³-hybridized carbons (Fsp3) is 0.919. The van der Waals surface area contributed by atoms with Crippen LogP contribution in [-0.4, -0.2) is 72.5 Å². The maximum atomic E-state index is 10.2. The molecule has 0 radical (unpaired) electrons. The molecule has 0 amide bonds. The molecule has 0 saturated carbocycles. The molecule has 53 heavy (non-hydrogen) atoms. The topological polar surface area (TPSA) is 328 Å². The third-order valence-corrected chi connectivity index (χ3v) is 7.12. The number of carbonyl (C=O) groups is 3. The molecule has 336 valence electrons. The summed E-state index contributed by atoms with van der Waals surface area (Å²) in [4.78, 5) is 30.3. The van der Waals surface area contributed by atoms with Gasteiger partial charge in [-0.25, -0.2) is 0 Å². The Balaban J connectivity index is -0.0000000599. The van der Waals surface area contributed by atoms with Crippen LogP contribution < -0.4 is 46.7 Å². The van der Waals surface area contributed by atoms with E-state index in [-0.39, 0.29) is 66.7 Å². The Hall–Kier alpha value is -0.533. The summed E-state index contributed by atoms with van der Waals surface area (Å²) in [6.07, 6.45) is 23.0. The third-order valence-electron chi connectivity index (χ3n) is 7.12. The van der Waals surface area contributed by atoms with Crippen LogP contribution in [0.25, 0.3) is 0 Å². The Labute approximate surface area is 355 Å². The fourth-order valence-corrected chi connectivity index (χ4v) is 3.69. The van der Waals surface area contributed by atoms with E-state index in [1.807, 2.05) is 0 Å². The van der Waals surface area contributed by atoms with Gasteiger partial charge in [-0.15, -0.1) is 0 Å². The van der Waals surface area contributed by atoms with E-state index in [9.17, 15) is 14.4 Å². The van der Waals surface area contributed by atoms with Gasteiger partial charge in [-0.2, -0.15) is 0 Å². The molecule has 0 atom stereocenters. The molecule has 0 aliphatic rings. The van der Waals surface area contributed by atoms with Crippen LogP contribution in [0, 0.1) is 10.8 Å². The molecule has 0 rings (SSSR count). The van der Waals surface area contributed by atoms with E-state index in [0.29, 0.717) is 6.42 Å². The van der Waals surface area contributed by atoms with Crippen molar-refractivity contribution in [3.05, 3.63) is 0 Å². The van der Waals surface area contributed by atoms with Gasteiger partial charge in [0, 0.05) is 61.6 Å². The molecule has 21 N–H and O–H groups in total. The van der Waals surface area contributed by atoms with Crippen molar-refractivity contribution in [2.75, 3.05) is 39.3 Å². The van der Waals surface area contributed by atoms with Crippen LogP contribution in [0.4, 0.5) is 0 Å². The Bertz CT molecular complexity index is 663. The summed E-state index contributed by atoms with van der Waals surface area (Å²) in [6, 6.07) is 0. The molecule has 0 aromatic carbocycles. The zero-order valence-electron chi connectivity index (χ0n) is 35.4. The van der Waals surface area contributed by atoms with E-state index in [2.05, 4.69) is 17.6 Å². The predicted octanol–water partition coefficient (Wildman–Crippen LogP) is 8.46. The second kappa shape index (κ2) is 58.2. The van der Waals surface area contributed by atoms with Crippen molar-refractivity contribution < 1.29 is 71.8 Å². The van der Waals surface area contributed by atoms with Crippen molar-refractivity contribution >= 4 is 17.9 Å². The van der Waals surface area contributed by atoms with E-state index in [0.717, 1.165) is 52.1 Å². The number of hydrogen-bond donors (Lipinski definition) is 11. The first-order valence-corrected chi connectivity index (χ1v) is 18.6. The van der Waals surface area contributed by atoms with Gasteiger partial charge in [0.2, 0.25) is 0 Å². The molecule has 0 unspecified atom stereocenters. The van der Waals surface area contributed by atoms with Gasteiger partial charge >= 0.3 is 17.9 Å². The maximum absolute atomic E-state index is 10.2. The van der Waals surface area contributed by atoms with Crippen LogP contribution >= 0.6 is 0 Å². The number of aliphatic carboxylic acids is 3. The predicted molar refractivity (Wildman–Crippen MR) is 219 cm³/mol. The quantitative estimate of drug-likeness (QED) is 0.0362. The van der Waals surface area contributed by atoms with E-state index in [1.165, 1.54) is 103 Å². The number of nitrogens with two attached hydrogens (primary N) is 2. The number of nitrogens with one attached hydrogen (secondary N) is 2. The summed E-state index contributed by atoms with van der Waals surface area (Å²) in [7, 11) is 0. The average Bonchev–Trinajstić information content (AvgIpc) is 2.98. The molecule has 16 heteroatoms. The van der Waals surface area contributed by atoms with Gasteiger partial charge in [0.1, 0.15) is 0 Å².